The molecular formula is C15H22N4O2. The summed E-state index contributed by atoms with van der Waals surface area (Å²) in [5.41, 5.74) is 0.733. The van der Waals surface area contributed by atoms with Crippen molar-refractivity contribution >= 4 is 11.9 Å². The van der Waals surface area contributed by atoms with Gasteiger partial charge in [0.15, 0.2) is 5.69 Å². The van der Waals surface area contributed by atoms with Crippen molar-refractivity contribution in [2.24, 2.45) is 0 Å². The molecule has 0 aliphatic carbocycles. The van der Waals surface area contributed by atoms with Gasteiger partial charge in [0.05, 0.1) is 0 Å². The molecule has 6 heteroatoms. The van der Waals surface area contributed by atoms with Gasteiger partial charge in [-0.3, -0.25) is 0 Å². The predicted octanol–water partition coefficient (Wildman–Crippen LogP) is 1.91. The molecule has 3 rings (SSSR count). The molecule has 2 atom stereocenters. The molecule has 114 valence electrons. The Morgan fingerprint density at radius 1 is 1.33 bits per heavy atom. The number of piperidine rings is 2. The number of hydrogen-bond donors (Lipinski definition) is 2. The molecule has 0 spiro atoms. The molecule has 2 N–H and O–H groups in total. The summed E-state index contributed by atoms with van der Waals surface area (Å²) in [6.45, 7) is 1.79. The van der Waals surface area contributed by atoms with Crippen molar-refractivity contribution in [3.63, 3.8) is 0 Å². The number of carbonyl (C=O) groups is 1. The number of aromatic carboxylic acids is 1. The van der Waals surface area contributed by atoms with Gasteiger partial charge in [-0.15, -0.1) is 0 Å². The van der Waals surface area contributed by atoms with Crippen LogP contribution in [0.25, 0.3) is 0 Å². The fraction of sp³-hybridized carbons (Fsp3) is 0.667. The van der Waals surface area contributed by atoms with E-state index in [9.17, 15) is 4.79 Å². The van der Waals surface area contributed by atoms with E-state index in [1.807, 2.05) is 0 Å². The van der Waals surface area contributed by atoms with Crippen LogP contribution in [0.5, 0.6) is 0 Å². The molecule has 1 aromatic heterocycles. The molecule has 2 aliphatic heterocycles. The maximum atomic E-state index is 11.1. The highest BCUT2D eigenvalue weighted by Crippen LogP contribution is 2.33. The van der Waals surface area contributed by atoms with Crippen LogP contribution in [0.3, 0.4) is 0 Å². The van der Waals surface area contributed by atoms with Crippen LogP contribution in [0.2, 0.25) is 0 Å². The first-order chi connectivity index (χ1) is 10.0. The Kier molecular flexibility index (Phi) is 3.80. The molecule has 0 saturated carbocycles. The van der Waals surface area contributed by atoms with Crippen LogP contribution in [-0.2, 0) is 0 Å². The highest BCUT2D eigenvalue weighted by Gasteiger charge is 2.36. The average Bonchev–Trinajstić information content (AvgIpc) is 2.39. The molecule has 2 bridgehead atoms. The molecule has 2 aliphatic rings. The van der Waals surface area contributed by atoms with E-state index in [1.54, 1.807) is 6.92 Å². The minimum atomic E-state index is -1.01. The number of fused-ring (bicyclic) bond motifs is 2. The molecule has 6 nitrogen and oxygen atoms in total. The number of nitrogens with one attached hydrogen (secondary N) is 1. The van der Waals surface area contributed by atoms with Gasteiger partial charge in [0.25, 0.3) is 0 Å². The minimum absolute atomic E-state index is 0.0538. The molecule has 2 fully saturated rings. The number of anilines is 1. The lowest BCUT2D eigenvalue weighted by Gasteiger charge is -2.47. The Labute approximate surface area is 124 Å². The third kappa shape index (κ3) is 3.00. The number of rotatable bonds is 3. The zero-order chi connectivity index (χ0) is 15.0. The summed E-state index contributed by atoms with van der Waals surface area (Å²) >= 11 is 0. The van der Waals surface area contributed by atoms with E-state index in [0.717, 1.165) is 12.8 Å². The van der Waals surface area contributed by atoms with E-state index >= 15 is 0 Å². The second-order valence-corrected chi connectivity index (χ2v) is 6.24. The molecule has 0 radical (unpaired) electrons. The predicted molar refractivity (Wildman–Crippen MR) is 79.6 cm³/mol. The summed E-state index contributed by atoms with van der Waals surface area (Å²) in [6.07, 6.45) is 5.97. The molecule has 2 saturated heterocycles. The third-order valence-electron chi connectivity index (χ3n) is 4.75. The van der Waals surface area contributed by atoms with Crippen LogP contribution in [0, 0.1) is 6.92 Å². The van der Waals surface area contributed by atoms with Gasteiger partial charge < -0.3 is 15.3 Å². The minimum Gasteiger partial charge on any atom is -0.477 e. The normalized spacial score (nSPS) is 29.1. The highest BCUT2D eigenvalue weighted by molar-refractivity contribution is 5.85. The number of hydrogen-bond acceptors (Lipinski definition) is 5. The van der Waals surface area contributed by atoms with Crippen molar-refractivity contribution in [2.75, 3.05) is 12.4 Å². The summed E-state index contributed by atoms with van der Waals surface area (Å²) in [6, 6.07) is 3.08. The quantitative estimate of drug-likeness (QED) is 0.885. The molecule has 1 aromatic rings. The Morgan fingerprint density at radius 3 is 2.62 bits per heavy atom. The van der Waals surface area contributed by atoms with Crippen LogP contribution in [0.15, 0.2) is 6.07 Å². The van der Waals surface area contributed by atoms with Gasteiger partial charge in [0.2, 0.25) is 5.95 Å². The first kappa shape index (κ1) is 14.3. The van der Waals surface area contributed by atoms with E-state index in [4.69, 9.17) is 5.11 Å². The second-order valence-electron chi connectivity index (χ2n) is 6.24. The summed E-state index contributed by atoms with van der Waals surface area (Å²) in [5.74, 6) is -0.566. The number of carboxylic acids is 1. The van der Waals surface area contributed by atoms with Crippen molar-refractivity contribution < 1.29 is 9.90 Å². The van der Waals surface area contributed by atoms with Crippen LogP contribution >= 0.6 is 0 Å². The first-order valence-corrected chi connectivity index (χ1v) is 7.60. The number of aromatic nitrogens is 2. The summed E-state index contributed by atoms with van der Waals surface area (Å²) in [7, 11) is 2.22. The van der Waals surface area contributed by atoms with Gasteiger partial charge in [-0.25, -0.2) is 14.8 Å². The molecule has 0 amide bonds. The van der Waals surface area contributed by atoms with Gasteiger partial charge in [0, 0.05) is 23.8 Å². The first-order valence-electron chi connectivity index (χ1n) is 7.60. The molecule has 2 unspecified atom stereocenters. The standard InChI is InChI=1S/C15H22N4O2/c1-9-6-13(14(20)21)18-15(16-9)17-10-7-11-4-3-5-12(8-10)19(11)2/h6,10-12H,3-5,7-8H2,1-2H3,(H,20,21)(H,16,17,18). The van der Waals surface area contributed by atoms with Gasteiger partial charge in [-0.2, -0.15) is 0 Å². The molecule has 21 heavy (non-hydrogen) atoms. The Balaban J connectivity index is 1.74. The van der Waals surface area contributed by atoms with E-state index in [2.05, 4.69) is 27.2 Å². The Bertz CT molecular complexity index is 534. The monoisotopic (exact) mass is 290 g/mol. The summed E-state index contributed by atoms with van der Waals surface area (Å²) < 4.78 is 0. The zero-order valence-corrected chi connectivity index (χ0v) is 12.5. The Hall–Kier alpha value is -1.69. The van der Waals surface area contributed by atoms with Crippen molar-refractivity contribution in [3.05, 3.63) is 17.5 Å². The van der Waals surface area contributed by atoms with Crippen molar-refractivity contribution in [3.8, 4) is 0 Å². The Morgan fingerprint density at radius 2 is 2.00 bits per heavy atom. The molecule has 3 heterocycles. The lowest BCUT2D eigenvalue weighted by atomic mass is 9.82. The van der Waals surface area contributed by atoms with Crippen LogP contribution in [-0.4, -0.2) is 51.1 Å². The van der Waals surface area contributed by atoms with Gasteiger partial charge >= 0.3 is 5.97 Å². The number of aryl methyl sites for hydroxylation is 1. The van der Waals surface area contributed by atoms with E-state index in [-0.39, 0.29) is 5.69 Å². The number of carboxylic acid groups (broad SMARTS) is 1. The van der Waals surface area contributed by atoms with Crippen molar-refractivity contribution in [1.82, 2.24) is 14.9 Å². The maximum absolute atomic E-state index is 11.1. The summed E-state index contributed by atoms with van der Waals surface area (Å²) in [4.78, 5) is 22.0. The smallest absolute Gasteiger partial charge is 0.354 e. The number of nitrogens with zero attached hydrogens (tertiary/aromatic N) is 3. The highest BCUT2D eigenvalue weighted by atomic mass is 16.4. The average molecular weight is 290 g/mol. The maximum Gasteiger partial charge on any atom is 0.354 e. The third-order valence-corrected chi connectivity index (χ3v) is 4.75. The fourth-order valence-corrected chi connectivity index (χ4v) is 3.66. The van der Waals surface area contributed by atoms with E-state index in [1.165, 1.54) is 25.3 Å². The van der Waals surface area contributed by atoms with Crippen LogP contribution in [0.1, 0.15) is 48.3 Å². The lowest BCUT2D eigenvalue weighted by molar-refractivity contribution is 0.0606. The molecule has 0 aromatic carbocycles. The van der Waals surface area contributed by atoms with Crippen molar-refractivity contribution in [1.29, 1.82) is 0 Å². The second kappa shape index (κ2) is 5.60. The van der Waals surface area contributed by atoms with Crippen LogP contribution in [0.4, 0.5) is 5.95 Å². The largest absolute Gasteiger partial charge is 0.477 e. The topological polar surface area (TPSA) is 78.3 Å². The zero-order valence-electron chi connectivity index (χ0n) is 12.5. The van der Waals surface area contributed by atoms with Gasteiger partial charge in [-0.1, -0.05) is 6.42 Å². The van der Waals surface area contributed by atoms with E-state index in [0.29, 0.717) is 29.8 Å². The van der Waals surface area contributed by atoms with Gasteiger partial charge in [-0.05, 0) is 45.7 Å². The lowest BCUT2D eigenvalue weighted by Crippen LogP contribution is -2.52. The SMILES string of the molecule is Cc1cc(C(=O)O)nc(NC2CC3CCCC(C2)N3C)n1. The molecular weight excluding hydrogens is 268 g/mol. The van der Waals surface area contributed by atoms with Gasteiger partial charge in [0.1, 0.15) is 0 Å². The van der Waals surface area contributed by atoms with E-state index < -0.39 is 5.97 Å². The summed E-state index contributed by atoms with van der Waals surface area (Å²) in [5, 5.41) is 12.4. The van der Waals surface area contributed by atoms with Crippen molar-refractivity contribution in [2.45, 2.75) is 57.2 Å². The van der Waals surface area contributed by atoms with Crippen LogP contribution < -0.4 is 5.32 Å². The fourth-order valence-electron chi connectivity index (χ4n) is 3.66.